The molecule has 2 unspecified atom stereocenters. The number of benzene rings is 1. The summed E-state index contributed by atoms with van der Waals surface area (Å²) in [5.74, 6) is 0.616. The number of piperidine rings is 1. The van der Waals surface area contributed by atoms with Gasteiger partial charge in [-0.25, -0.2) is 0 Å². The molecule has 2 N–H and O–H groups in total. The smallest absolute Gasteiger partial charge is 0.248 e. The molecule has 0 aromatic heterocycles. The molecule has 4 heteroatoms. The number of rotatable bonds is 10. The van der Waals surface area contributed by atoms with Gasteiger partial charge in [0.15, 0.2) is 0 Å². The first-order valence-corrected chi connectivity index (χ1v) is 10.8. The molecule has 4 nitrogen and oxygen atoms in total. The molecular weight excluding hydrogens is 336 g/mol. The van der Waals surface area contributed by atoms with Gasteiger partial charge >= 0.3 is 0 Å². The third-order valence-corrected chi connectivity index (χ3v) is 6.80. The fourth-order valence-corrected chi connectivity index (χ4v) is 5.45. The van der Waals surface area contributed by atoms with Gasteiger partial charge in [0.2, 0.25) is 5.91 Å². The van der Waals surface area contributed by atoms with Crippen LogP contribution >= 0.6 is 0 Å². The average molecular weight is 373 g/mol. The first kappa shape index (κ1) is 20.3. The lowest BCUT2D eigenvalue weighted by molar-refractivity contribution is -0.118. The van der Waals surface area contributed by atoms with E-state index in [2.05, 4.69) is 17.9 Å². The molecule has 0 radical (unpaired) electrons. The summed E-state index contributed by atoms with van der Waals surface area (Å²) in [4.78, 5) is 14.3. The first-order valence-electron chi connectivity index (χ1n) is 10.8. The summed E-state index contributed by atoms with van der Waals surface area (Å²) < 4.78 is 6.23. The maximum Gasteiger partial charge on any atom is 0.248 e. The van der Waals surface area contributed by atoms with E-state index in [0.717, 1.165) is 18.7 Å². The Labute approximate surface area is 164 Å². The molecule has 1 aliphatic heterocycles. The zero-order valence-electron chi connectivity index (χ0n) is 17.1. The van der Waals surface area contributed by atoms with Gasteiger partial charge < -0.3 is 15.4 Å². The van der Waals surface area contributed by atoms with Crippen LogP contribution in [0.25, 0.3) is 0 Å². The standard InChI is InChI=1S/C23H36N2O2/c1-3-4-5-6-7-8-14-25-16-20-12-13-21(17-25)23(20,27-2)19-11-9-10-18(15-19)22(24)26/h9-11,15,20-21H,3-8,12-14,16-17H2,1-2H3,(H2,24,26). The molecule has 150 valence electrons. The number of ether oxygens (including phenoxy) is 1. The lowest BCUT2D eigenvalue weighted by atomic mass is 9.74. The number of fused-ring (bicyclic) bond motifs is 2. The molecule has 2 fully saturated rings. The van der Waals surface area contributed by atoms with Crippen molar-refractivity contribution in [2.75, 3.05) is 26.7 Å². The number of hydrogen-bond acceptors (Lipinski definition) is 3. The SMILES string of the molecule is CCCCCCCCN1CC2CCC(C1)C2(OC)c1cccc(C(N)=O)c1. The summed E-state index contributed by atoms with van der Waals surface area (Å²) in [5, 5.41) is 0. The van der Waals surface area contributed by atoms with Crippen molar-refractivity contribution in [1.29, 1.82) is 0 Å². The lowest BCUT2D eigenvalue weighted by Crippen LogP contribution is -2.53. The van der Waals surface area contributed by atoms with Gasteiger partial charge in [0.05, 0.1) is 0 Å². The molecule has 27 heavy (non-hydrogen) atoms. The normalized spacial score (nSPS) is 27.8. The number of unbranched alkanes of at least 4 members (excludes halogenated alkanes) is 5. The Morgan fingerprint density at radius 1 is 1.15 bits per heavy atom. The van der Waals surface area contributed by atoms with Crippen LogP contribution in [0, 0.1) is 11.8 Å². The van der Waals surface area contributed by atoms with E-state index in [1.807, 2.05) is 19.2 Å². The zero-order valence-corrected chi connectivity index (χ0v) is 17.1. The molecule has 2 aliphatic rings. The van der Waals surface area contributed by atoms with Crippen molar-refractivity contribution in [2.45, 2.75) is 63.9 Å². The number of carbonyl (C=O) groups excluding carboxylic acids is 1. The fourth-order valence-electron chi connectivity index (χ4n) is 5.45. The molecule has 1 saturated heterocycles. The second-order valence-corrected chi connectivity index (χ2v) is 8.44. The van der Waals surface area contributed by atoms with Crippen LogP contribution in [-0.4, -0.2) is 37.6 Å². The summed E-state index contributed by atoms with van der Waals surface area (Å²) in [6.45, 7) is 5.67. The molecule has 2 atom stereocenters. The van der Waals surface area contributed by atoms with E-state index in [4.69, 9.17) is 10.5 Å². The lowest BCUT2D eigenvalue weighted by Gasteiger charge is -2.47. The minimum Gasteiger partial charge on any atom is -0.373 e. The molecule has 1 aromatic rings. The van der Waals surface area contributed by atoms with Crippen LogP contribution in [-0.2, 0) is 10.3 Å². The number of nitrogens with two attached hydrogens (primary N) is 1. The van der Waals surface area contributed by atoms with E-state index in [-0.39, 0.29) is 11.5 Å². The highest BCUT2D eigenvalue weighted by Crippen LogP contribution is 2.53. The number of carbonyl (C=O) groups is 1. The van der Waals surface area contributed by atoms with Crippen LogP contribution in [0.2, 0.25) is 0 Å². The Hall–Kier alpha value is -1.39. The Kier molecular flexibility index (Phi) is 6.93. The van der Waals surface area contributed by atoms with Gasteiger partial charge in [-0.15, -0.1) is 0 Å². The Balaban J connectivity index is 1.65. The van der Waals surface area contributed by atoms with E-state index >= 15 is 0 Å². The second kappa shape index (κ2) is 9.20. The third kappa shape index (κ3) is 4.22. The van der Waals surface area contributed by atoms with E-state index in [9.17, 15) is 4.79 Å². The third-order valence-electron chi connectivity index (χ3n) is 6.80. The highest BCUT2D eigenvalue weighted by molar-refractivity contribution is 5.92. The van der Waals surface area contributed by atoms with Gasteiger partial charge in [0, 0.05) is 37.6 Å². The van der Waals surface area contributed by atoms with E-state index in [0.29, 0.717) is 17.4 Å². The molecule has 1 aromatic carbocycles. The van der Waals surface area contributed by atoms with Gasteiger partial charge in [-0.05, 0) is 43.5 Å². The molecule has 0 spiro atoms. The van der Waals surface area contributed by atoms with Crippen molar-refractivity contribution >= 4 is 5.91 Å². The number of hydrogen-bond donors (Lipinski definition) is 1. The van der Waals surface area contributed by atoms with Crippen molar-refractivity contribution in [3.05, 3.63) is 35.4 Å². The average Bonchev–Trinajstić information content (AvgIpc) is 2.87. The van der Waals surface area contributed by atoms with Gasteiger partial charge in [0.1, 0.15) is 5.60 Å². The largest absolute Gasteiger partial charge is 0.373 e. The second-order valence-electron chi connectivity index (χ2n) is 8.44. The fraction of sp³-hybridized carbons (Fsp3) is 0.696. The van der Waals surface area contributed by atoms with Gasteiger partial charge in [-0.3, -0.25) is 4.79 Å². The van der Waals surface area contributed by atoms with E-state index < -0.39 is 0 Å². The van der Waals surface area contributed by atoms with Crippen LogP contribution < -0.4 is 5.73 Å². The minimum atomic E-state index is -0.365. The minimum absolute atomic E-state index is 0.261. The summed E-state index contributed by atoms with van der Waals surface area (Å²) in [6.07, 6.45) is 10.5. The van der Waals surface area contributed by atoms with Crippen LogP contribution in [0.4, 0.5) is 0 Å². The van der Waals surface area contributed by atoms with Crippen molar-refractivity contribution in [1.82, 2.24) is 4.90 Å². The van der Waals surface area contributed by atoms with Gasteiger partial charge in [-0.1, -0.05) is 51.2 Å². The number of nitrogens with zero attached hydrogens (tertiary/aromatic N) is 1. The van der Waals surface area contributed by atoms with Gasteiger partial charge in [0.25, 0.3) is 0 Å². The molecule has 1 amide bonds. The van der Waals surface area contributed by atoms with Crippen molar-refractivity contribution in [3.8, 4) is 0 Å². The Morgan fingerprint density at radius 2 is 1.81 bits per heavy atom. The number of primary amides is 1. The molecule has 1 saturated carbocycles. The van der Waals surface area contributed by atoms with Crippen LogP contribution in [0.3, 0.4) is 0 Å². The summed E-state index contributed by atoms with van der Waals surface area (Å²) in [6, 6.07) is 7.81. The van der Waals surface area contributed by atoms with Crippen LogP contribution in [0.15, 0.2) is 24.3 Å². The maximum atomic E-state index is 11.6. The highest BCUT2D eigenvalue weighted by atomic mass is 16.5. The number of methoxy groups -OCH3 is 1. The Morgan fingerprint density at radius 3 is 2.44 bits per heavy atom. The van der Waals surface area contributed by atoms with Crippen molar-refractivity contribution < 1.29 is 9.53 Å². The first-order chi connectivity index (χ1) is 13.1. The highest BCUT2D eigenvalue weighted by Gasteiger charge is 2.55. The van der Waals surface area contributed by atoms with Crippen molar-refractivity contribution in [3.63, 3.8) is 0 Å². The number of likely N-dealkylation sites (tertiary alicyclic amines) is 1. The summed E-state index contributed by atoms with van der Waals surface area (Å²) in [5.41, 5.74) is 6.97. The molecule has 2 bridgehead atoms. The topological polar surface area (TPSA) is 55.6 Å². The zero-order chi connectivity index (χ0) is 19.3. The van der Waals surface area contributed by atoms with E-state index in [1.54, 1.807) is 6.07 Å². The summed E-state index contributed by atoms with van der Waals surface area (Å²) in [7, 11) is 1.84. The number of amides is 1. The molecular formula is C23H36N2O2. The summed E-state index contributed by atoms with van der Waals surface area (Å²) >= 11 is 0. The van der Waals surface area contributed by atoms with Gasteiger partial charge in [-0.2, -0.15) is 0 Å². The molecule has 1 aliphatic carbocycles. The predicted molar refractivity (Wildman–Crippen MR) is 110 cm³/mol. The Bertz CT molecular complexity index is 617. The predicted octanol–water partition coefficient (Wildman–Crippen LogP) is 4.33. The van der Waals surface area contributed by atoms with Crippen LogP contribution in [0.5, 0.6) is 0 Å². The quantitative estimate of drug-likeness (QED) is 0.622. The molecule has 1 heterocycles. The van der Waals surface area contributed by atoms with E-state index in [1.165, 1.54) is 57.9 Å². The monoisotopic (exact) mass is 372 g/mol. The van der Waals surface area contributed by atoms with Crippen molar-refractivity contribution in [2.24, 2.45) is 17.6 Å². The van der Waals surface area contributed by atoms with Crippen LogP contribution in [0.1, 0.15) is 74.2 Å². The maximum absolute atomic E-state index is 11.6. The molecule has 3 rings (SSSR count).